The second kappa shape index (κ2) is 7.50. The van der Waals surface area contributed by atoms with Crippen molar-refractivity contribution in [1.82, 2.24) is 0 Å². The maximum absolute atomic E-state index is 12.9. The van der Waals surface area contributed by atoms with Gasteiger partial charge in [-0.25, -0.2) is 9.69 Å². The van der Waals surface area contributed by atoms with E-state index in [0.29, 0.717) is 11.4 Å². The summed E-state index contributed by atoms with van der Waals surface area (Å²) in [5, 5.41) is 0. The van der Waals surface area contributed by atoms with E-state index in [-0.39, 0.29) is 29.1 Å². The smallest absolute Gasteiger partial charge is 0.338 e. The number of rotatable bonds is 5. The zero-order chi connectivity index (χ0) is 21.3. The number of hydrogen-bond acceptors (Lipinski definition) is 6. The quantitative estimate of drug-likeness (QED) is 0.570. The minimum atomic E-state index is -0.735. The number of Topliss-reactive ketones (excluding diaryl/α,β-unsaturated/α-hetero) is 1. The van der Waals surface area contributed by atoms with Gasteiger partial charge in [0.2, 0.25) is 0 Å². The molecule has 1 heterocycles. The molecule has 1 aliphatic heterocycles. The molecular formula is C22H21NO6. The lowest BCUT2D eigenvalue weighted by Crippen LogP contribution is -2.29. The van der Waals surface area contributed by atoms with Crippen LogP contribution in [0.15, 0.2) is 42.5 Å². The molecule has 0 aromatic heterocycles. The first-order valence-electron chi connectivity index (χ1n) is 9.01. The van der Waals surface area contributed by atoms with E-state index >= 15 is 0 Å². The molecule has 0 bridgehead atoms. The van der Waals surface area contributed by atoms with Crippen LogP contribution in [0.2, 0.25) is 0 Å². The molecule has 0 unspecified atom stereocenters. The molecule has 29 heavy (non-hydrogen) atoms. The fraction of sp³-hybridized carbons (Fsp3) is 0.273. The SMILES string of the molecule is COc1ccccc1N1C(=O)c2ccc(C(=O)OCC(=O)C(C)(C)C)cc2C1=O. The van der Waals surface area contributed by atoms with Gasteiger partial charge in [0, 0.05) is 5.41 Å². The lowest BCUT2D eigenvalue weighted by atomic mass is 9.91. The molecule has 2 aromatic carbocycles. The number of amides is 2. The minimum Gasteiger partial charge on any atom is -0.495 e. The first-order chi connectivity index (χ1) is 13.6. The van der Waals surface area contributed by atoms with Gasteiger partial charge in [0.25, 0.3) is 11.8 Å². The Kier molecular flexibility index (Phi) is 5.24. The van der Waals surface area contributed by atoms with Crippen molar-refractivity contribution in [3.05, 3.63) is 59.2 Å². The van der Waals surface area contributed by atoms with Crippen molar-refractivity contribution in [1.29, 1.82) is 0 Å². The van der Waals surface area contributed by atoms with Crippen LogP contribution in [0.4, 0.5) is 5.69 Å². The van der Waals surface area contributed by atoms with E-state index in [9.17, 15) is 19.2 Å². The molecule has 150 valence electrons. The molecule has 0 atom stereocenters. The molecular weight excluding hydrogens is 374 g/mol. The maximum atomic E-state index is 12.9. The normalized spacial score (nSPS) is 13.3. The Morgan fingerprint density at radius 1 is 0.966 bits per heavy atom. The highest BCUT2D eigenvalue weighted by atomic mass is 16.5. The topological polar surface area (TPSA) is 90.0 Å². The summed E-state index contributed by atoms with van der Waals surface area (Å²) in [6.45, 7) is 4.83. The van der Waals surface area contributed by atoms with Crippen molar-refractivity contribution >= 4 is 29.3 Å². The Hall–Kier alpha value is -3.48. The van der Waals surface area contributed by atoms with E-state index in [1.807, 2.05) is 0 Å². The molecule has 2 amide bonds. The van der Waals surface area contributed by atoms with E-state index in [1.54, 1.807) is 45.0 Å². The van der Waals surface area contributed by atoms with Crippen LogP contribution >= 0.6 is 0 Å². The molecule has 3 rings (SSSR count). The number of carbonyl (C=O) groups is 4. The first kappa shape index (κ1) is 20.3. The Morgan fingerprint density at radius 3 is 2.28 bits per heavy atom. The molecule has 0 aliphatic carbocycles. The summed E-state index contributed by atoms with van der Waals surface area (Å²) in [5.74, 6) is -1.64. The number of anilines is 1. The number of methoxy groups -OCH3 is 1. The first-order valence-corrected chi connectivity index (χ1v) is 9.01. The van der Waals surface area contributed by atoms with Gasteiger partial charge in [-0.2, -0.15) is 0 Å². The van der Waals surface area contributed by atoms with Crippen molar-refractivity contribution in [2.75, 3.05) is 18.6 Å². The van der Waals surface area contributed by atoms with Gasteiger partial charge in [-0.1, -0.05) is 32.9 Å². The number of para-hydroxylation sites is 2. The van der Waals surface area contributed by atoms with Gasteiger partial charge in [-0.3, -0.25) is 14.4 Å². The highest BCUT2D eigenvalue weighted by Crippen LogP contribution is 2.35. The lowest BCUT2D eigenvalue weighted by molar-refractivity contribution is -0.129. The summed E-state index contributed by atoms with van der Waals surface area (Å²) in [6, 6.07) is 10.8. The van der Waals surface area contributed by atoms with Crippen LogP contribution < -0.4 is 9.64 Å². The standard InChI is InChI=1S/C22H21NO6/c1-22(2,3)18(24)12-29-21(27)13-9-10-14-15(11-13)20(26)23(19(14)25)16-7-5-6-8-17(16)28-4/h5-11H,12H2,1-4H3. The molecule has 0 fully saturated rings. The summed E-state index contributed by atoms with van der Waals surface area (Å²) in [6.07, 6.45) is 0. The number of nitrogens with zero attached hydrogens (tertiary/aromatic N) is 1. The number of ether oxygens (including phenoxy) is 2. The maximum Gasteiger partial charge on any atom is 0.338 e. The Bertz CT molecular complexity index is 1020. The Labute approximate surface area is 168 Å². The molecule has 2 aromatic rings. The Balaban J connectivity index is 1.86. The summed E-state index contributed by atoms with van der Waals surface area (Å²) in [7, 11) is 1.45. The molecule has 0 radical (unpaired) electrons. The second-order valence-corrected chi connectivity index (χ2v) is 7.63. The van der Waals surface area contributed by atoms with Crippen LogP contribution in [0.25, 0.3) is 0 Å². The van der Waals surface area contributed by atoms with Gasteiger partial charge in [0.1, 0.15) is 5.75 Å². The van der Waals surface area contributed by atoms with Crippen molar-refractivity contribution in [3.63, 3.8) is 0 Å². The van der Waals surface area contributed by atoms with Crippen LogP contribution in [0.1, 0.15) is 51.8 Å². The van der Waals surface area contributed by atoms with E-state index in [4.69, 9.17) is 9.47 Å². The predicted molar refractivity (Wildman–Crippen MR) is 105 cm³/mol. The van der Waals surface area contributed by atoms with Gasteiger partial charge in [-0.05, 0) is 30.3 Å². The zero-order valence-corrected chi connectivity index (χ0v) is 16.6. The predicted octanol–water partition coefficient (Wildman–Crippen LogP) is 3.27. The fourth-order valence-corrected chi connectivity index (χ4v) is 2.83. The molecule has 7 heteroatoms. The third-order valence-electron chi connectivity index (χ3n) is 4.62. The molecule has 7 nitrogen and oxygen atoms in total. The number of ketones is 1. The fourth-order valence-electron chi connectivity index (χ4n) is 2.83. The average molecular weight is 395 g/mol. The highest BCUT2D eigenvalue weighted by Gasteiger charge is 2.38. The van der Waals surface area contributed by atoms with Crippen molar-refractivity contribution in [3.8, 4) is 5.75 Å². The summed E-state index contributed by atoms with van der Waals surface area (Å²) in [4.78, 5) is 50.9. The Morgan fingerprint density at radius 2 is 1.62 bits per heavy atom. The summed E-state index contributed by atoms with van der Waals surface area (Å²) >= 11 is 0. The van der Waals surface area contributed by atoms with Crippen LogP contribution in [-0.4, -0.2) is 37.3 Å². The highest BCUT2D eigenvalue weighted by molar-refractivity contribution is 6.35. The lowest BCUT2D eigenvalue weighted by Gasteiger charge is -2.16. The zero-order valence-electron chi connectivity index (χ0n) is 16.6. The van der Waals surface area contributed by atoms with Crippen molar-refractivity contribution in [2.45, 2.75) is 20.8 Å². The summed E-state index contributed by atoms with van der Waals surface area (Å²) < 4.78 is 10.3. The van der Waals surface area contributed by atoms with Gasteiger partial charge in [0.05, 0.1) is 29.5 Å². The molecule has 0 N–H and O–H groups in total. The van der Waals surface area contributed by atoms with E-state index in [0.717, 1.165) is 4.90 Å². The van der Waals surface area contributed by atoms with Crippen LogP contribution in [0.5, 0.6) is 5.75 Å². The van der Waals surface area contributed by atoms with Crippen molar-refractivity contribution < 1.29 is 28.7 Å². The molecule has 0 spiro atoms. The molecule has 1 aliphatic rings. The number of carbonyl (C=O) groups excluding carboxylic acids is 4. The van der Waals surface area contributed by atoms with Gasteiger partial charge >= 0.3 is 5.97 Å². The molecule has 0 saturated heterocycles. The average Bonchev–Trinajstić information content (AvgIpc) is 2.94. The molecule has 0 saturated carbocycles. The number of hydrogen-bond donors (Lipinski definition) is 0. The van der Waals surface area contributed by atoms with Crippen LogP contribution in [-0.2, 0) is 9.53 Å². The number of esters is 1. The van der Waals surface area contributed by atoms with Crippen LogP contribution in [0.3, 0.4) is 0 Å². The van der Waals surface area contributed by atoms with Gasteiger partial charge < -0.3 is 9.47 Å². The minimum absolute atomic E-state index is 0.0912. The summed E-state index contributed by atoms with van der Waals surface area (Å²) in [5.41, 5.74) is 0.0610. The third-order valence-corrected chi connectivity index (χ3v) is 4.62. The van der Waals surface area contributed by atoms with E-state index < -0.39 is 23.2 Å². The van der Waals surface area contributed by atoms with Crippen molar-refractivity contribution in [2.24, 2.45) is 5.41 Å². The second-order valence-electron chi connectivity index (χ2n) is 7.63. The largest absolute Gasteiger partial charge is 0.495 e. The van der Waals surface area contributed by atoms with E-state index in [2.05, 4.69) is 0 Å². The monoisotopic (exact) mass is 395 g/mol. The van der Waals surface area contributed by atoms with Gasteiger partial charge in [-0.15, -0.1) is 0 Å². The third kappa shape index (κ3) is 3.76. The number of fused-ring (bicyclic) bond motifs is 1. The van der Waals surface area contributed by atoms with E-state index in [1.165, 1.54) is 25.3 Å². The van der Waals surface area contributed by atoms with Crippen LogP contribution in [0, 0.1) is 5.41 Å². The number of imide groups is 1. The van der Waals surface area contributed by atoms with Gasteiger partial charge in [0.15, 0.2) is 12.4 Å². The number of benzene rings is 2.